The van der Waals surface area contributed by atoms with Crippen molar-refractivity contribution >= 4 is 11.7 Å². The van der Waals surface area contributed by atoms with Crippen LogP contribution in [0.25, 0.3) is 0 Å². The molecule has 0 saturated heterocycles. The number of para-hydroxylation sites is 1. The predicted molar refractivity (Wildman–Crippen MR) is 56.9 cm³/mol. The first kappa shape index (κ1) is 10.5. The summed E-state index contributed by atoms with van der Waals surface area (Å²) in [5.41, 5.74) is 3.92. The molecule has 4 N–H and O–H groups in total. The molecular formula is C10H15N3O. The number of nitrogens with one attached hydrogen (secondary N) is 2. The second kappa shape index (κ2) is 4.62. The van der Waals surface area contributed by atoms with Crippen molar-refractivity contribution in [3.8, 4) is 0 Å². The average molecular weight is 193 g/mol. The molecule has 4 nitrogen and oxygen atoms in total. The van der Waals surface area contributed by atoms with Crippen molar-refractivity contribution < 1.29 is 4.79 Å². The molecule has 1 aromatic carbocycles. The third-order valence-corrected chi connectivity index (χ3v) is 1.96. The SMILES string of the molecule is CC(C)c1ccccc1NC(=O)NN. The van der Waals surface area contributed by atoms with Crippen LogP contribution in [-0.4, -0.2) is 6.03 Å². The number of benzene rings is 1. The standard InChI is InChI=1S/C10H15N3O/c1-7(2)8-5-3-4-6-9(8)12-10(14)13-11/h3-7H,11H2,1-2H3,(H2,12,13,14). The van der Waals surface area contributed by atoms with Crippen LogP contribution in [0.1, 0.15) is 25.3 Å². The molecule has 76 valence electrons. The highest BCUT2D eigenvalue weighted by atomic mass is 16.2. The maximum absolute atomic E-state index is 11.0. The van der Waals surface area contributed by atoms with Gasteiger partial charge in [-0.3, -0.25) is 5.43 Å². The molecule has 1 rings (SSSR count). The third kappa shape index (κ3) is 2.47. The fourth-order valence-electron chi connectivity index (χ4n) is 1.27. The highest BCUT2D eigenvalue weighted by Crippen LogP contribution is 2.23. The first-order chi connectivity index (χ1) is 6.65. The first-order valence-electron chi connectivity index (χ1n) is 4.51. The van der Waals surface area contributed by atoms with E-state index in [1.54, 1.807) is 0 Å². The summed E-state index contributed by atoms with van der Waals surface area (Å²) in [6.07, 6.45) is 0. The number of carbonyl (C=O) groups is 1. The molecule has 2 amide bonds. The van der Waals surface area contributed by atoms with Gasteiger partial charge in [0.05, 0.1) is 0 Å². The lowest BCUT2D eigenvalue weighted by Crippen LogP contribution is -2.34. The van der Waals surface area contributed by atoms with Gasteiger partial charge in [0.25, 0.3) is 0 Å². The lowest BCUT2D eigenvalue weighted by Gasteiger charge is -2.12. The van der Waals surface area contributed by atoms with Gasteiger partial charge in [-0.1, -0.05) is 32.0 Å². The second-order valence-electron chi connectivity index (χ2n) is 3.34. The largest absolute Gasteiger partial charge is 0.333 e. The van der Waals surface area contributed by atoms with Gasteiger partial charge in [-0.15, -0.1) is 0 Å². The monoisotopic (exact) mass is 193 g/mol. The summed E-state index contributed by atoms with van der Waals surface area (Å²) in [6, 6.07) is 7.25. The van der Waals surface area contributed by atoms with Crippen LogP contribution < -0.4 is 16.6 Å². The van der Waals surface area contributed by atoms with Crippen molar-refractivity contribution in [1.29, 1.82) is 0 Å². The maximum Gasteiger partial charge on any atom is 0.333 e. The fraction of sp³-hybridized carbons (Fsp3) is 0.300. The number of urea groups is 1. The van der Waals surface area contributed by atoms with Crippen LogP contribution in [0.15, 0.2) is 24.3 Å². The molecule has 0 spiro atoms. The summed E-state index contributed by atoms with van der Waals surface area (Å²) in [4.78, 5) is 11.0. The van der Waals surface area contributed by atoms with E-state index in [0.717, 1.165) is 11.3 Å². The average Bonchev–Trinajstić information content (AvgIpc) is 2.18. The van der Waals surface area contributed by atoms with Crippen LogP contribution >= 0.6 is 0 Å². The number of anilines is 1. The van der Waals surface area contributed by atoms with E-state index < -0.39 is 6.03 Å². The topological polar surface area (TPSA) is 67.2 Å². The Hall–Kier alpha value is -1.55. The summed E-state index contributed by atoms with van der Waals surface area (Å²) in [5, 5.41) is 2.67. The number of amides is 2. The summed E-state index contributed by atoms with van der Waals surface area (Å²) in [5.74, 6) is 5.35. The van der Waals surface area contributed by atoms with Crippen molar-refractivity contribution in [3.63, 3.8) is 0 Å². The zero-order valence-corrected chi connectivity index (χ0v) is 8.37. The Labute approximate surface area is 83.5 Å². The Kier molecular flexibility index (Phi) is 3.48. The Bertz CT molecular complexity index is 323. The molecule has 14 heavy (non-hydrogen) atoms. The zero-order chi connectivity index (χ0) is 10.6. The number of hydrogen-bond acceptors (Lipinski definition) is 2. The molecular weight excluding hydrogens is 178 g/mol. The highest BCUT2D eigenvalue weighted by Gasteiger charge is 2.07. The molecule has 0 aliphatic carbocycles. The number of rotatable bonds is 2. The van der Waals surface area contributed by atoms with Crippen LogP contribution in [-0.2, 0) is 0 Å². The van der Waals surface area contributed by atoms with Gasteiger partial charge in [0.1, 0.15) is 0 Å². The molecule has 1 aromatic rings. The van der Waals surface area contributed by atoms with Crippen molar-refractivity contribution in [2.24, 2.45) is 5.84 Å². The molecule has 0 aliphatic heterocycles. The van der Waals surface area contributed by atoms with Crippen LogP contribution in [0.4, 0.5) is 10.5 Å². The van der Waals surface area contributed by atoms with E-state index in [0.29, 0.717) is 5.92 Å². The van der Waals surface area contributed by atoms with E-state index in [1.165, 1.54) is 0 Å². The van der Waals surface area contributed by atoms with E-state index >= 15 is 0 Å². The number of carbonyl (C=O) groups excluding carboxylic acids is 1. The second-order valence-corrected chi connectivity index (χ2v) is 3.34. The number of nitrogens with two attached hydrogens (primary N) is 1. The van der Waals surface area contributed by atoms with E-state index in [4.69, 9.17) is 5.84 Å². The summed E-state index contributed by atoms with van der Waals surface area (Å²) in [6.45, 7) is 4.14. The van der Waals surface area contributed by atoms with Crippen LogP contribution in [0, 0.1) is 0 Å². The molecule has 0 unspecified atom stereocenters. The Morgan fingerprint density at radius 1 is 1.36 bits per heavy atom. The maximum atomic E-state index is 11.0. The molecule has 0 saturated carbocycles. The molecule has 0 fully saturated rings. The minimum Gasteiger partial charge on any atom is -0.307 e. The smallest absolute Gasteiger partial charge is 0.307 e. The minimum absolute atomic E-state index is 0.365. The van der Waals surface area contributed by atoms with E-state index in [2.05, 4.69) is 19.2 Å². The lowest BCUT2D eigenvalue weighted by atomic mass is 10.0. The molecule has 0 atom stereocenters. The predicted octanol–water partition coefficient (Wildman–Crippen LogP) is 1.81. The van der Waals surface area contributed by atoms with Gasteiger partial charge in [0.2, 0.25) is 0 Å². The Morgan fingerprint density at radius 2 is 2.00 bits per heavy atom. The van der Waals surface area contributed by atoms with Crippen LogP contribution in [0.5, 0.6) is 0 Å². The van der Waals surface area contributed by atoms with Crippen molar-refractivity contribution in [2.45, 2.75) is 19.8 Å². The fourth-order valence-corrected chi connectivity index (χ4v) is 1.27. The van der Waals surface area contributed by atoms with Gasteiger partial charge >= 0.3 is 6.03 Å². The van der Waals surface area contributed by atoms with Crippen LogP contribution in [0.2, 0.25) is 0 Å². The van der Waals surface area contributed by atoms with E-state index in [9.17, 15) is 4.79 Å². The summed E-state index contributed by atoms with van der Waals surface area (Å²) >= 11 is 0. The zero-order valence-electron chi connectivity index (χ0n) is 8.37. The lowest BCUT2D eigenvalue weighted by molar-refractivity contribution is 0.252. The van der Waals surface area contributed by atoms with Crippen LogP contribution in [0.3, 0.4) is 0 Å². The first-order valence-corrected chi connectivity index (χ1v) is 4.51. The van der Waals surface area contributed by atoms with Gasteiger partial charge in [-0.05, 0) is 17.5 Å². The van der Waals surface area contributed by atoms with E-state index in [1.807, 2.05) is 29.7 Å². The van der Waals surface area contributed by atoms with Gasteiger partial charge in [-0.2, -0.15) is 0 Å². The van der Waals surface area contributed by atoms with Crippen molar-refractivity contribution in [2.75, 3.05) is 5.32 Å². The minimum atomic E-state index is -0.405. The summed E-state index contributed by atoms with van der Waals surface area (Å²) in [7, 11) is 0. The molecule has 4 heteroatoms. The molecule has 0 aromatic heterocycles. The van der Waals surface area contributed by atoms with Gasteiger partial charge in [-0.25, -0.2) is 10.6 Å². The van der Waals surface area contributed by atoms with Crippen molar-refractivity contribution in [1.82, 2.24) is 5.43 Å². The van der Waals surface area contributed by atoms with Gasteiger partial charge in [0.15, 0.2) is 0 Å². The molecule has 0 aliphatic rings. The highest BCUT2D eigenvalue weighted by molar-refractivity contribution is 5.89. The number of hydrogen-bond donors (Lipinski definition) is 3. The Morgan fingerprint density at radius 3 is 2.57 bits per heavy atom. The van der Waals surface area contributed by atoms with Gasteiger partial charge in [0, 0.05) is 5.69 Å². The van der Waals surface area contributed by atoms with Gasteiger partial charge < -0.3 is 5.32 Å². The molecule has 0 radical (unpaired) electrons. The number of hydrazine groups is 1. The van der Waals surface area contributed by atoms with Crippen molar-refractivity contribution in [3.05, 3.63) is 29.8 Å². The summed E-state index contributed by atoms with van der Waals surface area (Å²) < 4.78 is 0. The molecule has 0 bridgehead atoms. The quantitative estimate of drug-likeness (QED) is 0.381. The van der Waals surface area contributed by atoms with E-state index in [-0.39, 0.29) is 0 Å². The third-order valence-electron chi connectivity index (χ3n) is 1.96. The Balaban J connectivity index is 2.90. The molecule has 0 heterocycles. The normalized spacial score (nSPS) is 10.0.